The minimum absolute atomic E-state index is 0.0195. The molecule has 0 saturated carbocycles. The molecule has 2 aliphatic heterocycles. The average Bonchev–Trinajstić information content (AvgIpc) is 3.15. The third-order valence-electron chi connectivity index (χ3n) is 7.10. The average molecular weight is 472 g/mol. The Hall–Kier alpha value is -4.07. The summed E-state index contributed by atoms with van der Waals surface area (Å²) >= 11 is 0. The van der Waals surface area contributed by atoms with Crippen LogP contribution in [0.15, 0.2) is 72.8 Å². The first-order chi connectivity index (χ1) is 17.0. The van der Waals surface area contributed by atoms with E-state index in [-0.39, 0.29) is 24.4 Å². The number of para-hydroxylation sites is 1. The van der Waals surface area contributed by atoms with Crippen LogP contribution in [0.4, 0.5) is 16.2 Å². The minimum Gasteiger partial charge on any atom is -0.358 e. The van der Waals surface area contributed by atoms with Gasteiger partial charge in [-0.3, -0.25) is 9.59 Å². The molecule has 2 saturated heterocycles. The Bertz CT molecular complexity index is 1250. The molecule has 0 aromatic heterocycles. The number of carbonyl (C=O) groups excluding carboxylic acids is 3. The smallest absolute Gasteiger partial charge is 0.321 e. The zero-order valence-corrected chi connectivity index (χ0v) is 19.7. The van der Waals surface area contributed by atoms with Crippen molar-refractivity contribution in [2.45, 2.75) is 18.4 Å². The lowest BCUT2D eigenvalue weighted by Gasteiger charge is -2.43. The highest BCUT2D eigenvalue weighted by Gasteiger charge is 2.54. The van der Waals surface area contributed by atoms with Gasteiger partial charge in [0.1, 0.15) is 12.1 Å². The van der Waals surface area contributed by atoms with Crippen molar-refractivity contribution in [1.82, 2.24) is 15.1 Å². The Morgan fingerprint density at radius 3 is 2.34 bits per heavy atom. The molecule has 0 unspecified atom stereocenters. The maximum atomic E-state index is 13.6. The molecule has 2 fully saturated rings. The van der Waals surface area contributed by atoms with Crippen molar-refractivity contribution in [3.8, 4) is 0 Å². The summed E-state index contributed by atoms with van der Waals surface area (Å²) < 4.78 is 0. The summed E-state index contributed by atoms with van der Waals surface area (Å²) in [6.07, 6.45) is 0.988. The number of nitrogens with one attached hydrogen (secondary N) is 2. The van der Waals surface area contributed by atoms with Crippen LogP contribution in [0.25, 0.3) is 10.8 Å². The van der Waals surface area contributed by atoms with Crippen molar-refractivity contribution >= 4 is 40.0 Å². The third kappa shape index (κ3) is 4.16. The molecule has 5 rings (SSSR count). The molecular weight excluding hydrogens is 442 g/mol. The van der Waals surface area contributed by atoms with E-state index < -0.39 is 5.54 Å². The Kier molecular flexibility index (Phi) is 6.03. The SMILES string of the molecule is CNC(=O)CN1CN(c2ccccc2)C2(CCN(C(=O)Nc3cccc4ccccc34)CC2)C1=O. The van der Waals surface area contributed by atoms with Crippen molar-refractivity contribution in [3.05, 3.63) is 72.8 Å². The molecule has 0 bridgehead atoms. The number of urea groups is 1. The highest BCUT2D eigenvalue weighted by molar-refractivity contribution is 6.02. The summed E-state index contributed by atoms with van der Waals surface area (Å²) in [4.78, 5) is 44.3. The van der Waals surface area contributed by atoms with E-state index in [4.69, 9.17) is 0 Å². The molecule has 1 spiro atoms. The molecule has 2 heterocycles. The number of anilines is 2. The lowest BCUT2D eigenvalue weighted by Crippen LogP contribution is -2.58. The zero-order valence-electron chi connectivity index (χ0n) is 19.7. The highest BCUT2D eigenvalue weighted by atomic mass is 16.2. The van der Waals surface area contributed by atoms with Gasteiger partial charge < -0.3 is 25.3 Å². The van der Waals surface area contributed by atoms with Crippen LogP contribution in [0.3, 0.4) is 0 Å². The van der Waals surface area contributed by atoms with Crippen LogP contribution in [0, 0.1) is 0 Å². The number of likely N-dealkylation sites (N-methyl/N-ethyl adjacent to an activating group) is 1. The van der Waals surface area contributed by atoms with Gasteiger partial charge in [-0.25, -0.2) is 4.79 Å². The van der Waals surface area contributed by atoms with E-state index in [0.717, 1.165) is 22.1 Å². The molecule has 0 aliphatic carbocycles. The first kappa shape index (κ1) is 22.7. The number of carbonyl (C=O) groups is 3. The fourth-order valence-electron chi connectivity index (χ4n) is 5.18. The number of likely N-dealkylation sites (tertiary alicyclic amines) is 1. The Morgan fingerprint density at radius 1 is 0.914 bits per heavy atom. The summed E-state index contributed by atoms with van der Waals surface area (Å²) in [5.74, 6) is -0.255. The quantitative estimate of drug-likeness (QED) is 0.612. The van der Waals surface area contributed by atoms with E-state index in [1.807, 2.05) is 72.8 Å². The summed E-state index contributed by atoms with van der Waals surface area (Å²) in [5, 5.41) is 7.71. The second-order valence-electron chi connectivity index (χ2n) is 9.06. The standard InChI is InChI=1S/C27H29N5O3/c1-28-24(33)18-31-19-32(21-10-3-2-4-11-21)27(25(31)34)14-16-30(17-15-27)26(35)29-23-13-7-9-20-8-5-6-12-22(20)23/h2-13H,14-19H2,1H3,(H,28,33)(H,29,35). The number of benzene rings is 3. The number of fused-ring (bicyclic) bond motifs is 1. The number of rotatable bonds is 4. The number of amides is 4. The van der Waals surface area contributed by atoms with Gasteiger partial charge in [0, 0.05) is 31.2 Å². The van der Waals surface area contributed by atoms with Gasteiger partial charge in [-0.05, 0) is 36.4 Å². The largest absolute Gasteiger partial charge is 0.358 e. The van der Waals surface area contributed by atoms with Crippen LogP contribution < -0.4 is 15.5 Å². The summed E-state index contributed by atoms with van der Waals surface area (Å²) in [7, 11) is 1.57. The minimum atomic E-state index is -0.772. The molecule has 2 N–H and O–H groups in total. The molecule has 3 aromatic carbocycles. The van der Waals surface area contributed by atoms with E-state index >= 15 is 0 Å². The molecule has 2 aliphatic rings. The maximum Gasteiger partial charge on any atom is 0.321 e. The molecule has 8 heteroatoms. The molecule has 0 radical (unpaired) electrons. The van der Waals surface area contributed by atoms with E-state index in [1.165, 1.54) is 0 Å². The first-order valence-electron chi connectivity index (χ1n) is 11.9. The van der Waals surface area contributed by atoms with Crippen molar-refractivity contribution < 1.29 is 14.4 Å². The Labute approximate surface area is 204 Å². The van der Waals surface area contributed by atoms with Crippen molar-refractivity contribution in [1.29, 1.82) is 0 Å². The topological polar surface area (TPSA) is 85.0 Å². The number of hydrogen-bond donors (Lipinski definition) is 2. The van der Waals surface area contributed by atoms with Crippen molar-refractivity contribution in [2.75, 3.05) is 43.6 Å². The van der Waals surface area contributed by atoms with E-state index in [9.17, 15) is 14.4 Å². The molecular formula is C27H29N5O3. The van der Waals surface area contributed by atoms with Crippen LogP contribution in [0.1, 0.15) is 12.8 Å². The van der Waals surface area contributed by atoms with Crippen LogP contribution in [-0.2, 0) is 9.59 Å². The normalized spacial score (nSPS) is 17.2. The summed E-state index contributed by atoms with van der Waals surface area (Å²) in [6, 6.07) is 23.4. The molecule has 35 heavy (non-hydrogen) atoms. The Morgan fingerprint density at radius 2 is 1.60 bits per heavy atom. The fourth-order valence-corrected chi connectivity index (χ4v) is 5.18. The summed E-state index contributed by atoms with van der Waals surface area (Å²) in [6.45, 7) is 1.25. The van der Waals surface area contributed by atoms with Gasteiger partial charge in [-0.15, -0.1) is 0 Å². The Balaban J connectivity index is 1.34. The van der Waals surface area contributed by atoms with Crippen molar-refractivity contribution in [2.24, 2.45) is 0 Å². The monoisotopic (exact) mass is 471 g/mol. The van der Waals surface area contributed by atoms with E-state index in [2.05, 4.69) is 15.5 Å². The highest BCUT2D eigenvalue weighted by Crippen LogP contribution is 2.39. The molecule has 4 amide bonds. The van der Waals surface area contributed by atoms with Gasteiger partial charge in [0.15, 0.2) is 0 Å². The molecule has 3 aromatic rings. The van der Waals surface area contributed by atoms with Crippen LogP contribution in [0.2, 0.25) is 0 Å². The molecule has 180 valence electrons. The number of nitrogens with zero attached hydrogens (tertiary/aromatic N) is 3. The van der Waals surface area contributed by atoms with Gasteiger partial charge in [0.05, 0.1) is 12.4 Å². The van der Waals surface area contributed by atoms with Gasteiger partial charge >= 0.3 is 6.03 Å². The van der Waals surface area contributed by atoms with E-state index in [0.29, 0.717) is 32.6 Å². The lowest BCUT2D eigenvalue weighted by molar-refractivity contribution is -0.137. The van der Waals surface area contributed by atoms with Crippen LogP contribution in [0.5, 0.6) is 0 Å². The van der Waals surface area contributed by atoms with Crippen LogP contribution in [-0.4, -0.2) is 66.5 Å². The van der Waals surface area contributed by atoms with Gasteiger partial charge in [0.2, 0.25) is 5.91 Å². The van der Waals surface area contributed by atoms with Gasteiger partial charge in [0.25, 0.3) is 5.91 Å². The van der Waals surface area contributed by atoms with Crippen LogP contribution >= 0.6 is 0 Å². The number of hydrogen-bond acceptors (Lipinski definition) is 4. The van der Waals surface area contributed by atoms with Gasteiger partial charge in [-0.1, -0.05) is 54.6 Å². The summed E-state index contributed by atoms with van der Waals surface area (Å²) in [5.41, 5.74) is 0.938. The predicted octanol–water partition coefficient (Wildman–Crippen LogP) is 3.26. The molecule has 8 nitrogen and oxygen atoms in total. The molecule has 0 atom stereocenters. The predicted molar refractivity (Wildman–Crippen MR) is 136 cm³/mol. The maximum absolute atomic E-state index is 13.6. The van der Waals surface area contributed by atoms with Crippen molar-refractivity contribution in [3.63, 3.8) is 0 Å². The van der Waals surface area contributed by atoms with E-state index in [1.54, 1.807) is 16.8 Å². The second-order valence-corrected chi connectivity index (χ2v) is 9.06. The second kappa shape index (κ2) is 9.29. The third-order valence-corrected chi connectivity index (χ3v) is 7.10. The van der Waals surface area contributed by atoms with Gasteiger partial charge in [-0.2, -0.15) is 0 Å². The zero-order chi connectivity index (χ0) is 24.4. The fraction of sp³-hybridized carbons (Fsp3) is 0.296. The lowest BCUT2D eigenvalue weighted by atomic mass is 9.85. The number of piperidine rings is 1. The first-order valence-corrected chi connectivity index (χ1v) is 11.9.